The zero-order chi connectivity index (χ0) is 61.0. The number of carboxylic acid groups (broad SMARTS) is 1. The van der Waals surface area contributed by atoms with Gasteiger partial charge in [0.2, 0.25) is 59.1 Å². The first-order valence-corrected chi connectivity index (χ1v) is 26.5. The number of hydrogen-bond acceptors (Lipinski definition) is 15. The largest absolute Gasteiger partial charge is 0.508 e. The van der Waals surface area contributed by atoms with Crippen LogP contribution in [0.1, 0.15) is 92.7 Å². The third-order valence-electron chi connectivity index (χ3n) is 12.8. The molecule has 1 heterocycles. The Balaban J connectivity index is 1.89. The van der Waals surface area contributed by atoms with Gasteiger partial charge in [0, 0.05) is 29.9 Å². The molecule has 0 fully saturated rings. The number of nitrogens with one attached hydrogen (secondary N) is 10. The third-order valence-corrected chi connectivity index (χ3v) is 12.8. The predicted octanol–water partition coefficient (Wildman–Crippen LogP) is -2.53. The zero-order valence-corrected chi connectivity index (χ0v) is 47.0. The Bertz CT molecular complexity index is 2690. The fraction of sp³-hybridized carbons (Fsp3) is 0.537. The first-order valence-electron chi connectivity index (χ1n) is 26.5. The molecule has 3 rings (SSSR count). The van der Waals surface area contributed by atoms with Gasteiger partial charge in [-0.1, -0.05) is 71.9 Å². The number of H-pyrrole nitrogens is 1. The molecule has 0 bridgehead atoms. The van der Waals surface area contributed by atoms with Gasteiger partial charge in [-0.15, -0.1) is 0 Å². The second-order valence-electron chi connectivity index (χ2n) is 21.2. The Morgan fingerprint density at radius 3 is 1.63 bits per heavy atom. The molecule has 446 valence electrons. The summed E-state index contributed by atoms with van der Waals surface area (Å²) in [5.74, 6) is -11.8. The number of carbonyl (C=O) groups excluding carboxylic acids is 10. The summed E-state index contributed by atoms with van der Waals surface area (Å²) in [5.41, 5.74) is 12.7. The number of aromatic hydroxyl groups is 1. The molecular weight excluding hydrogens is 1060 g/mol. The van der Waals surface area contributed by atoms with Crippen LogP contribution in [0.25, 0.3) is 10.9 Å². The van der Waals surface area contributed by atoms with E-state index in [1.807, 2.05) is 0 Å². The molecule has 0 aliphatic rings. The van der Waals surface area contributed by atoms with Crippen LogP contribution in [0.5, 0.6) is 5.75 Å². The molecule has 11 atom stereocenters. The molecule has 0 aliphatic carbocycles. The summed E-state index contributed by atoms with van der Waals surface area (Å²) in [6, 6.07) is -0.435. The Labute approximate surface area is 469 Å². The Morgan fingerprint density at radius 2 is 1.06 bits per heavy atom. The average molecular weight is 1140 g/mol. The maximum atomic E-state index is 14.6. The molecule has 0 aliphatic heterocycles. The Kier molecular flexibility index (Phi) is 26.2. The number of para-hydroxylation sites is 1. The van der Waals surface area contributed by atoms with E-state index >= 15 is 0 Å². The van der Waals surface area contributed by atoms with Gasteiger partial charge in [0.05, 0.1) is 25.2 Å². The van der Waals surface area contributed by atoms with Crippen LogP contribution >= 0.6 is 0 Å². The van der Waals surface area contributed by atoms with E-state index < -0.39 is 151 Å². The topological polar surface area (TPSA) is 445 Å². The molecule has 0 radical (unpaired) electrons. The maximum absolute atomic E-state index is 14.6. The van der Waals surface area contributed by atoms with Crippen LogP contribution < -0.4 is 59.3 Å². The monoisotopic (exact) mass is 1140 g/mol. The number of primary amides is 1. The number of benzene rings is 2. The number of phenolic OH excluding ortho intramolecular Hbond substituents is 1. The van der Waals surface area contributed by atoms with E-state index in [2.05, 4.69) is 52.8 Å². The highest BCUT2D eigenvalue weighted by Crippen LogP contribution is 2.20. The smallest absolute Gasteiger partial charge is 0.326 e. The van der Waals surface area contributed by atoms with Gasteiger partial charge in [0.25, 0.3) is 0 Å². The first-order chi connectivity index (χ1) is 37.9. The number of phenols is 1. The van der Waals surface area contributed by atoms with Crippen molar-refractivity contribution in [2.75, 3.05) is 6.54 Å². The molecule has 10 amide bonds. The number of amides is 10. The van der Waals surface area contributed by atoms with Crippen LogP contribution in [0, 0.1) is 17.8 Å². The third kappa shape index (κ3) is 21.8. The lowest BCUT2D eigenvalue weighted by atomic mass is 10.0. The minimum absolute atomic E-state index is 0.0300. The molecule has 27 heteroatoms. The normalized spacial score (nSPS) is 15.4. The molecule has 18 N–H and O–H groups in total. The van der Waals surface area contributed by atoms with E-state index in [0.29, 0.717) is 22.0 Å². The van der Waals surface area contributed by atoms with Crippen molar-refractivity contribution in [3.05, 3.63) is 65.9 Å². The van der Waals surface area contributed by atoms with Crippen molar-refractivity contribution >= 4 is 75.9 Å². The van der Waals surface area contributed by atoms with Crippen LogP contribution in [0.15, 0.2) is 54.7 Å². The highest BCUT2D eigenvalue weighted by Gasteiger charge is 2.36. The number of nitrogens with two attached hydrogens (primary N) is 2. The average Bonchev–Trinajstić information content (AvgIpc) is 3.82. The molecule has 0 unspecified atom stereocenters. The quantitative estimate of drug-likeness (QED) is 0.0307. The molecule has 27 nitrogen and oxygen atoms in total. The molecule has 0 saturated heterocycles. The van der Waals surface area contributed by atoms with Gasteiger partial charge in [-0.05, 0) is 80.7 Å². The van der Waals surface area contributed by atoms with Crippen LogP contribution in [0.3, 0.4) is 0 Å². The number of carbonyl (C=O) groups is 11. The SMILES string of the molecule is CC(C)C[C@H](NC(=O)[C@H](CC(N)=O)NC(=O)[C@@H](NC(=O)CNC(=O)[C@H](Cc1ccc(O)cc1)NC(=O)[C@H](Cc1c[nH]c2ccccc12)NC(=O)[C@@H](NC(=O)[C@H](C)NC(=O)[C@H](CC(C)C)NC(=O)[C@@H](N)[C@@H](C)O)[C@@H](C)O)C(C)C)C(=O)O. The van der Waals surface area contributed by atoms with Crippen molar-refractivity contribution < 1.29 is 73.2 Å². The van der Waals surface area contributed by atoms with Gasteiger partial charge in [-0.3, -0.25) is 47.9 Å². The van der Waals surface area contributed by atoms with Crippen molar-refractivity contribution in [3.8, 4) is 5.75 Å². The van der Waals surface area contributed by atoms with Gasteiger partial charge >= 0.3 is 5.97 Å². The number of aromatic nitrogens is 1. The van der Waals surface area contributed by atoms with Crippen molar-refractivity contribution in [1.29, 1.82) is 0 Å². The lowest BCUT2D eigenvalue weighted by Crippen LogP contribution is -2.61. The first kappa shape index (κ1) is 67.1. The van der Waals surface area contributed by atoms with E-state index in [9.17, 15) is 73.2 Å². The number of aromatic amines is 1. The molecule has 81 heavy (non-hydrogen) atoms. The van der Waals surface area contributed by atoms with E-state index in [-0.39, 0.29) is 43.3 Å². The van der Waals surface area contributed by atoms with Gasteiger partial charge in [-0.2, -0.15) is 0 Å². The number of carboxylic acids is 1. The van der Waals surface area contributed by atoms with Crippen molar-refractivity contribution in [3.63, 3.8) is 0 Å². The molecule has 0 spiro atoms. The maximum Gasteiger partial charge on any atom is 0.326 e. The number of aliphatic carboxylic acids is 1. The summed E-state index contributed by atoms with van der Waals surface area (Å²) < 4.78 is 0. The van der Waals surface area contributed by atoms with Crippen molar-refractivity contribution in [2.45, 2.75) is 161 Å². The van der Waals surface area contributed by atoms with Gasteiger partial charge in [0.15, 0.2) is 0 Å². The number of aliphatic hydroxyl groups is 2. The molecule has 1 aromatic heterocycles. The summed E-state index contributed by atoms with van der Waals surface area (Å²) in [7, 11) is 0. The van der Waals surface area contributed by atoms with Crippen molar-refractivity contribution in [1.82, 2.24) is 52.8 Å². The number of fused-ring (bicyclic) bond motifs is 1. The second kappa shape index (κ2) is 31.6. The highest BCUT2D eigenvalue weighted by molar-refractivity contribution is 5.99. The minimum Gasteiger partial charge on any atom is -0.508 e. The second-order valence-corrected chi connectivity index (χ2v) is 21.2. The minimum atomic E-state index is -1.75. The van der Waals surface area contributed by atoms with Crippen LogP contribution in [0.2, 0.25) is 0 Å². The molecule has 3 aromatic rings. The summed E-state index contributed by atoms with van der Waals surface area (Å²) in [4.78, 5) is 150. The summed E-state index contributed by atoms with van der Waals surface area (Å²) >= 11 is 0. The summed E-state index contributed by atoms with van der Waals surface area (Å²) in [6.07, 6.45) is -2.29. The number of rotatable bonds is 32. The Morgan fingerprint density at radius 1 is 0.543 bits per heavy atom. The molecule has 2 aromatic carbocycles. The van der Waals surface area contributed by atoms with Gasteiger partial charge in [0.1, 0.15) is 60.1 Å². The standard InChI is InChI=1S/C54H80N12O15/c1-25(2)18-36(61-51(77)43(56)29(8)67)48(74)59-28(7)46(72)66-45(30(9)68)53(79)62-38(21-32-23-57-35-13-11-10-12-34(32)35)49(75)60-37(20-31-14-16-33(69)17-15-31)47(73)58-24-42(71)65-44(27(5)6)52(78)63-39(22-41(55)70)50(76)64-40(54(80)81)19-26(3)4/h10-17,23,25-30,36-40,43-45,57,67-69H,18-22,24,56H2,1-9H3,(H2,55,70)(H,58,73)(H,59,74)(H,60,75)(H,61,77)(H,62,79)(H,63,78)(H,64,76)(H,65,71)(H,66,72)(H,80,81)/t28-,29+,30+,36-,37-,38-,39-,40-,43-,44-,45-/m0/s1. The van der Waals surface area contributed by atoms with Gasteiger partial charge in [-0.25, -0.2) is 4.79 Å². The highest BCUT2D eigenvalue weighted by atomic mass is 16.4. The van der Waals surface area contributed by atoms with Crippen molar-refractivity contribution in [2.24, 2.45) is 29.2 Å². The van der Waals surface area contributed by atoms with E-state index in [0.717, 1.165) is 0 Å². The fourth-order valence-electron chi connectivity index (χ4n) is 8.28. The summed E-state index contributed by atoms with van der Waals surface area (Å²) in [6.45, 7) is 13.1. The predicted molar refractivity (Wildman–Crippen MR) is 294 cm³/mol. The lowest BCUT2D eigenvalue weighted by molar-refractivity contribution is -0.143. The zero-order valence-electron chi connectivity index (χ0n) is 47.0. The number of hydrogen-bond donors (Lipinski definition) is 16. The fourth-order valence-corrected chi connectivity index (χ4v) is 8.28. The Hall–Kier alpha value is -8.17. The summed E-state index contributed by atoms with van der Waals surface area (Å²) in [5, 5.41) is 63.1. The number of aliphatic hydroxyl groups excluding tert-OH is 2. The van der Waals surface area contributed by atoms with E-state index in [1.165, 1.54) is 45.0 Å². The molecular formula is C54H80N12O15. The van der Waals surface area contributed by atoms with E-state index in [1.54, 1.807) is 72.0 Å². The lowest BCUT2D eigenvalue weighted by Gasteiger charge is -2.28. The van der Waals surface area contributed by atoms with Crippen LogP contribution in [0.4, 0.5) is 0 Å². The van der Waals surface area contributed by atoms with Gasteiger partial charge < -0.3 is 84.7 Å². The van der Waals surface area contributed by atoms with Crippen LogP contribution in [-0.4, -0.2) is 164 Å². The van der Waals surface area contributed by atoms with E-state index in [4.69, 9.17) is 11.5 Å². The molecule has 0 saturated carbocycles. The van der Waals surface area contributed by atoms with Crippen LogP contribution in [-0.2, 0) is 65.6 Å².